The predicted molar refractivity (Wildman–Crippen MR) is 68.4 cm³/mol. The van der Waals surface area contributed by atoms with Gasteiger partial charge in [0.25, 0.3) is 0 Å². The molecule has 0 bridgehead atoms. The van der Waals surface area contributed by atoms with Gasteiger partial charge in [0.2, 0.25) is 5.82 Å². The first-order chi connectivity index (χ1) is 9.02. The maximum Gasteiger partial charge on any atom is 0.305 e. The molecule has 0 spiro atoms. The van der Waals surface area contributed by atoms with Crippen molar-refractivity contribution in [3.63, 3.8) is 0 Å². The molecule has 19 heavy (non-hydrogen) atoms. The Hall–Kier alpha value is -1.53. The third-order valence-corrected chi connectivity index (χ3v) is 3.56. The summed E-state index contributed by atoms with van der Waals surface area (Å²) in [5.41, 5.74) is -0.256. The van der Waals surface area contributed by atoms with Crippen LogP contribution in [-0.4, -0.2) is 23.7 Å². The van der Waals surface area contributed by atoms with Gasteiger partial charge < -0.3 is 10.1 Å². The lowest BCUT2D eigenvalue weighted by atomic mass is 9.92. The molecular weight excluding hydrogens is 251 g/mol. The van der Waals surface area contributed by atoms with Crippen LogP contribution in [-0.2, 0) is 11.3 Å². The maximum absolute atomic E-state index is 13.9. The van der Waals surface area contributed by atoms with E-state index in [1.807, 2.05) is 0 Å². The predicted octanol–water partition coefficient (Wildman–Crippen LogP) is 2.39. The second kappa shape index (κ2) is 5.63. The van der Waals surface area contributed by atoms with Gasteiger partial charge in [-0.1, -0.05) is 12.1 Å². The second-order valence-electron chi connectivity index (χ2n) is 5.03. The highest BCUT2D eigenvalue weighted by atomic mass is 19.1. The molecule has 1 aromatic carbocycles. The van der Waals surface area contributed by atoms with Crippen LogP contribution in [0.2, 0.25) is 0 Å². The van der Waals surface area contributed by atoms with Gasteiger partial charge in [-0.25, -0.2) is 0 Å². The third kappa shape index (κ3) is 3.27. The van der Waals surface area contributed by atoms with E-state index in [1.54, 1.807) is 6.07 Å². The van der Waals surface area contributed by atoms with Crippen LogP contribution in [0.1, 0.15) is 25.3 Å². The van der Waals surface area contributed by atoms with E-state index in [2.05, 4.69) is 12.2 Å². The Morgan fingerprint density at radius 3 is 2.79 bits per heavy atom. The first-order valence-corrected chi connectivity index (χ1v) is 6.26. The van der Waals surface area contributed by atoms with E-state index in [4.69, 9.17) is 4.74 Å². The summed E-state index contributed by atoms with van der Waals surface area (Å²) in [5.74, 6) is -0.754. The molecule has 0 saturated carbocycles. The molecule has 0 aromatic heterocycles. The Morgan fingerprint density at radius 2 is 2.16 bits per heavy atom. The molecular formula is C13H17FN2O3. The molecule has 1 aliphatic rings. The second-order valence-corrected chi connectivity index (χ2v) is 5.03. The van der Waals surface area contributed by atoms with Crippen LogP contribution < -0.4 is 5.32 Å². The fourth-order valence-corrected chi connectivity index (χ4v) is 2.15. The van der Waals surface area contributed by atoms with Crippen molar-refractivity contribution in [2.75, 3.05) is 13.2 Å². The molecule has 0 amide bonds. The molecule has 2 rings (SSSR count). The molecule has 1 aromatic rings. The Morgan fingerprint density at radius 1 is 1.47 bits per heavy atom. The number of nitro benzene ring substituents is 1. The SMILES string of the molecule is CC1(NCc2cccc([N+](=O)[O-])c2F)CCOCC1. The van der Waals surface area contributed by atoms with Gasteiger partial charge in [0.15, 0.2) is 0 Å². The summed E-state index contributed by atoms with van der Waals surface area (Å²) in [6.07, 6.45) is 1.70. The Labute approximate surface area is 110 Å². The van der Waals surface area contributed by atoms with Crippen LogP contribution in [0, 0.1) is 15.9 Å². The number of nitro groups is 1. The summed E-state index contributed by atoms with van der Waals surface area (Å²) in [5, 5.41) is 14.0. The van der Waals surface area contributed by atoms with Gasteiger partial charge in [0.1, 0.15) is 0 Å². The largest absolute Gasteiger partial charge is 0.381 e. The van der Waals surface area contributed by atoms with Crippen LogP contribution in [0.3, 0.4) is 0 Å². The molecule has 0 unspecified atom stereocenters. The van der Waals surface area contributed by atoms with Crippen LogP contribution >= 0.6 is 0 Å². The van der Waals surface area contributed by atoms with Crippen molar-refractivity contribution in [1.29, 1.82) is 0 Å². The first-order valence-electron chi connectivity index (χ1n) is 6.26. The minimum absolute atomic E-state index is 0.102. The number of hydrogen-bond donors (Lipinski definition) is 1. The lowest BCUT2D eigenvalue weighted by molar-refractivity contribution is -0.387. The Kier molecular flexibility index (Phi) is 4.11. The van der Waals surface area contributed by atoms with Crippen molar-refractivity contribution >= 4 is 5.69 Å². The molecule has 1 N–H and O–H groups in total. The van der Waals surface area contributed by atoms with Crippen molar-refractivity contribution in [2.45, 2.75) is 31.8 Å². The lowest BCUT2D eigenvalue weighted by Gasteiger charge is -2.34. The number of ether oxygens (including phenoxy) is 1. The highest BCUT2D eigenvalue weighted by molar-refractivity contribution is 5.36. The molecule has 0 radical (unpaired) electrons. The number of hydrogen-bond acceptors (Lipinski definition) is 4. The van der Waals surface area contributed by atoms with Crippen LogP contribution in [0.25, 0.3) is 0 Å². The van der Waals surface area contributed by atoms with Gasteiger partial charge in [0, 0.05) is 36.9 Å². The number of halogens is 1. The van der Waals surface area contributed by atoms with Gasteiger partial charge in [-0.15, -0.1) is 0 Å². The minimum atomic E-state index is -0.754. The topological polar surface area (TPSA) is 64.4 Å². The highest BCUT2D eigenvalue weighted by Crippen LogP contribution is 2.23. The molecule has 1 aliphatic heterocycles. The molecule has 1 saturated heterocycles. The van der Waals surface area contributed by atoms with E-state index in [9.17, 15) is 14.5 Å². The average Bonchev–Trinajstić information content (AvgIpc) is 2.38. The summed E-state index contributed by atoms with van der Waals surface area (Å²) >= 11 is 0. The van der Waals surface area contributed by atoms with Crippen molar-refractivity contribution in [3.05, 3.63) is 39.7 Å². The van der Waals surface area contributed by atoms with Gasteiger partial charge in [-0.05, 0) is 19.8 Å². The Balaban J connectivity index is 2.07. The van der Waals surface area contributed by atoms with Crippen molar-refractivity contribution in [3.8, 4) is 0 Å². The zero-order valence-corrected chi connectivity index (χ0v) is 10.8. The van der Waals surface area contributed by atoms with Crippen molar-refractivity contribution in [2.24, 2.45) is 0 Å². The van der Waals surface area contributed by atoms with Crippen LogP contribution in [0.5, 0.6) is 0 Å². The third-order valence-electron chi connectivity index (χ3n) is 3.56. The number of rotatable bonds is 4. The normalized spacial score (nSPS) is 18.2. The Bertz CT molecular complexity index is 473. The van der Waals surface area contributed by atoms with E-state index >= 15 is 0 Å². The molecule has 0 atom stereocenters. The smallest absolute Gasteiger partial charge is 0.305 e. The number of nitrogens with zero attached hydrogens (tertiary/aromatic N) is 1. The van der Waals surface area contributed by atoms with Gasteiger partial charge in [0.05, 0.1) is 4.92 Å². The van der Waals surface area contributed by atoms with E-state index in [-0.39, 0.29) is 12.1 Å². The summed E-state index contributed by atoms with van der Waals surface area (Å²) in [4.78, 5) is 9.97. The molecule has 104 valence electrons. The fourth-order valence-electron chi connectivity index (χ4n) is 2.15. The summed E-state index contributed by atoms with van der Waals surface area (Å²) in [7, 11) is 0. The highest BCUT2D eigenvalue weighted by Gasteiger charge is 2.27. The molecule has 1 fully saturated rings. The molecule has 6 heteroatoms. The molecule has 0 aliphatic carbocycles. The van der Waals surface area contributed by atoms with Crippen LogP contribution in [0.15, 0.2) is 18.2 Å². The van der Waals surface area contributed by atoms with Crippen molar-refractivity contribution < 1.29 is 14.1 Å². The summed E-state index contributed by atoms with van der Waals surface area (Å²) in [6.45, 7) is 3.70. The monoisotopic (exact) mass is 268 g/mol. The molecule has 5 nitrogen and oxygen atoms in total. The van der Waals surface area contributed by atoms with Crippen LogP contribution in [0.4, 0.5) is 10.1 Å². The fraction of sp³-hybridized carbons (Fsp3) is 0.538. The standard InChI is InChI=1S/C13H17FN2O3/c1-13(5-7-19-8-6-13)15-9-10-3-2-4-11(12(10)14)16(17)18/h2-4,15H,5-9H2,1H3. The van der Waals surface area contributed by atoms with E-state index in [1.165, 1.54) is 12.1 Å². The average molecular weight is 268 g/mol. The van der Waals surface area contributed by atoms with Gasteiger partial charge >= 0.3 is 5.69 Å². The van der Waals surface area contributed by atoms with E-state index in [0.717, 1.165) is 12.8 Å². The zero-order chi connectivity index (χ0) is 13.9. The maximum atomic E-state index is 13.9. The van der Waals surface area contributed by atoms with Gasteiger partial charge in [-0.2, -0.15) is 4.39 Å². The molecule has 1 heterocycles. The minimum Gasteiger partial charge on any atom is -0.381 e. The first kappa shape index (κ1) is 13.9. The van der Waals surface area contributed by atoms with Gasteiger partial charge in [-0.3, -0.25) is 10.1 Å². The summed E-state index contributed by atoms with van der Waals surface area (Å²) in [6, 6.07) is 4.25. The van der Waals surface area contributed by atoms with Crippen molar-refractivity contribution in [1.82, 2.24) is 5.32 Å². The van der Waals surface area contributed by atoms with E-state index < -0.39 is 16.4 Å². The summed E-state index contributed by atoms with van der Waals surface area (Å²) < 4.78 is 19.2. The zero-order valence-electron chi connectivity index (χ0n) is 10.8. The lowest BCUT2D eigenvalue weighted by Crippen LogP contribution is -2.46. The number of nitrogens with one attached hydrogen (secondary N) is 1. The quantitative estimate of drug-likeness (QED) is 0.672. The number of benzene rings is 1. The van der Waals surface area contributed by atoms with E-state index in [0.29, 0.717) is 18.8 Å².